The van der Waals surface area contributed by atoms with Gasteiger partial charge in [-0.2, -0.15) is 5.26 Å². The van der Waals surface area contributed by atoms with Crippen molar-refractivity contribution >= 4 is 0 Å². The van der Waals surface area contributed by atoms with Crippen LogP contribution in [0, 0.1) is 17.2 Å². The van der Waals surface area contributed by atoms with Gasteiger partial charge in [0.2, 0.25) is 0 Å². The van der Waals surface area contributed by atoms with Crippen LogP contribution >= 0.6 is 0 Å². The molecule has 0 bridgehead atoms. The van der Waals surface area contributed by atoms with Crippen LogP contribution in [0.25, 0.3) is 0 Å². The molecular weight excluding hydrogens is 198 g/mol. The van der Waals surface area contributed by atoms with Gasteiger partial charge in [0.15, 0.2) is 0 Å². The zero-order valence-corrected chi connectivity index (χ0v) is 11.0. The molecule has 0 heterocycles. The van der Waals surface area contributed by atoms with E-state index in [2.05, 4.69) is 33.4 Å². The van der Waals surface area contributed by atoms with Gasteiger partial charge in [0, 0.05) is 0 Å². The van der Waals surface area contributed by atoms with Gasteiger partial charge in [-0.3, -0.25) is 0 Å². The minimum atomic E-state index is 0.139. The highest BCUT2D eigenvalue weighted by molar-refractivity contribution is 5.02. The summed E-state index contributed by atoms with van der Waals surface area (Å²) in [7, 11) is 0. The summed E-state index contributed by atoms with van der Waals surface area (Å²) in [6.45, 7) is 11.2. The molecule has 0 spiro atoms. The first-order valence-corrected chi connectivity index (χ1v) is 6.28. The molecule has 0 amide bonds. The second kappa shape index (κ2) is 9.42. The van der Waals surface area contributed by atoms with E-state index in [-0.39, 0.29) is 6.10 Å². The molecule has 1 atom stereocenters. The van der Waals surface area contributed by atoms with E-state index in [0.29, 0.717) is 18.9 Å². The van der Waals surface area contributed by atoms with Gasteiger partial charge < -0.3 is 4.74 Å². The summed E-state index contributed by atoms with van der Waals surface area (Å²) in [5.74, 6) is 0.602. The molecule has 0 aliphatic heterocycles. The Balaban J connectivity index is 4.08. The number of hydrogen-bond donors (Lipinski definition) is 0. The Labute approximate surface area is 100 Å². The molecule has 0 aliphatic rings. The second-order valence-electron chi connectivity index (χ2n) is 4.66. The van der Waals surface area contributed by atoms with E-state index in [9.17, 15) is 0 Å². The molecule has 92 valence electrons. The van der Waals surface area contributed by atoms with Crippen molar-refractivity contribution in [1.82, 2.24) is 0 Å². The van der Waals surface area contributed by atoms with Gasteiger partial charge in [0.1, 0.15) is 0 Å². The Morgan fingerprint density at radius 3 is 2.62 bits per heavy atom. The second-order valence-corrected chi connectivity index (χ2v) is 4.66. The van der Waals surface area contributed by atoms with Crippen LogP contribution in [-0.4, -0.2) is 12.7 Å². The first-order chi connectivity index (χ1) is 7.61. The molecule has 0 aromatic rings. The smallest absolute Gasteiger partial charge is 0.0785 e. The van der Waals surface area contributed by atoms with Crippen molar-refractivity contribution in [2.24, 2.45) is 5.92 Å². The summed E-state index contributed by atoms with van der Waals surface area (Å²) >= 11 is 0. The van der Waals surface area contributed by atoms with E-state index >= 15 is 0 Å². The third-order valence-corrected chi connectivity index (χ3v) is 2.53. The van der Waals surface area contributed by atoms with Gasteiger partial charge in [-0.15, -0.1) is 0 Å². The number of ether oxygens (including phenoxy) is 1. The van der Waals surface area contributed by atoms with Crippen molar-refractivity contribution in [3.05, 3.63) is 12.2 Å². The standard InChI is InChI=1S/C14H25NO/c1-5-6-8-13(4)14(11-12(2)3)16-10-7-9-15/h12,14H,4-8,10-11H2,1-3H3. The molecule has 0 radical (unpaired) electrons. The fourth-order valence-corrected chi connectivity index (χ4v) is 1.59. The number of nitrogens with zero attached hydrogens (tertiary/aromatic N) is 1. The highest BCUT2D eigenvalue weighted by Gasteiger charge is 2.14. The van der Waals surface area contributed by atoms with Crippen LogP contribution in [0.3, 0.4) is 0 Å². The average Bonchev–Trinajstić information content (AvgIpc) is 2.24. The van der Waals surface area contributed by atoms with Gasteiger partial charge in [-0.05, 0) is 30.8 Å². The minimum Gasteiger partial charge on any atom is -0.373 e. The monoisotopic (exact) mass is 223 g/mol. The molecule has 16 heavy (non-hydrogen) atoms. The number of unbranched alkanes of at least 4 members (excludes halogenated alkanes) is 1. The van der Waals surface area contributed by atoms with Crippen LogP contribution in [0.2, 0.25) is 0 Å². The number of rotatable bonds is 9. The van der Waals surface area contributed by atoms with Crippen LogP contribution in [-0.2, 0) is 4.74 Å². The van der Waals surface area contributed by atoms with Crippen molar-refractivity contribution in [1.29, 1.82) is 5.26 Å². The van der Waals surface area contributed by atoms with Crippen LogP contribution in [0.4, 0.5) is 0 Å². The highest BCUT2D eigenvalue weighted by Crippen LogP contribution is 2.19. The van der Waals surface area contributed by atoms with Gasteiger partial charge in [0.05, 0.1) is 25.2 Å². The van der Waals surface area contributed by atoms with E-state index in [1.807, 2.05) is 0 Å². The van der Waals surface area contributed by atoms with Crippen LogP contribution < -0.4 is 0 Å². The van der Waals surface area contributed by atoms with E-state index in [1.54, 1.807) is 0 Å². The molecule has 1 unspecified atom stereocenters. The first kappa shape index (κ1) is 15.2. The SMILES string of the molecule is C=C(CCCC)C(CC(C)C)OCCC#N. The van der Waals surface area contributed by atoms with Crippen LogP contribution in [0.1, 0.15) is 52.9 Å². The predicted molar refractivity (Wildman–Crippen MR) is 68.1 cm³/mol. The van der Waals surface area contributed by atoms with E-state index in [4.69, 9.17) is 10.00 Å². The Hall–Kier alpha value is -0.810. The summed E-state index contributed by atoms with van der Waals surface area (Å²) in [6.07, 6.45) is 5.02. The maximum absolute atomic E-state index is 8.49. The van der Waals surface area contributed by atoms with Crippen LogP contribution in [0.15, 0.2) is 12.2 Å². The molecule has 0 N–H and O–H groups in total. The minimum absolute atomic E-state index is 0.139. The molecule has 0 aromatic heterocycles. The maximum atomic E-state index is 8.49. The lowest BCUT2D eigenvalue weighted by molar-refractivity contribution is 0.0652. The molecule has 2 nitrogen and oxygen atoms in total. The van der Waals surface area contributed by atoms with Crippen LogP contribution in [0.5, 0.6) is 0 Å². The fraction of sp³-hybridized carbons (Fsp3) is 0.786. The van der Waals surface area contributed by atoms with Crippen molar-refractivity contribution in [3.63, 3.8) is 0 Å². The van der Waals surface area contributed by atoms with Gasteiger partial charge in [0.25, 0.3) is 0 Å². The summed E-state index contributed by atoms with van der Waals surface area (Å²) in [6, 6.07) is 2.10. The molecule has 0 fully saturated rings. The Morgan fingerprint density at radius 1 is 1.44 bits per heavy atom. The molecule has 0 saturated heterocycles. The van der Waals surface area contributed by atoms with E-state index in [1.165, 1.54) is 18.4 Å². The Kier molecular flexibility index (Phi) is 8.94. The van der Waals surface area contributed by atoms with Crippen molar-refractivity contribution in [2.45, 2.75) is 59.0 Å². The molecule has 0 aliphatic carbocycles. The summed E-state index contributed by atoms with van der Waals surface area (Å²) < 4.78 is 5.73. The average molecular weight is 223 g/mol. The van der Waals surface area contributed by atoms with E-state index in [0.717, 1.165) is 12.8 Å². The molecule has 0 saturated carbocycles. The summed E-state index contributed by atoms with van der Waals surface area (Å²) in [5.41, 5.74) is 1.19. The fourth-order valence-electron chi connectivity index (χ4n) is 1.59. The normalized spacial score (nSPS) is 12.4. The largest absolute Gasteiger partial charge is 0.373 e. The van der Waals surface area contributed by atoms with Gasteiger partial charge >= 0.3 is 0 Å². The predicted octanol–water partition coefficient (Wildman–Crippen LogP) is 4.08. The first-order valence-electron chi connectivity index (χ1n) is 6.28. The number of hydrogen-bond acceptors (Lipinski definition) is 2. The lowest BCUT2D eigenvalue weighted by Crippen LogP contribution is -2.18. The molecule has 2 heteroatoms. The topological polar surface area (TPSA) is 33.0 Å². The zero-order valence-electron chi connectivity index (χ0n) is 11.0. The zero-order chi connectivity index (χ0) is 12.4. The highest BCUT2D eigenvalue weighted by atomic mass is 16.5. The van der Waals surface area contributed by atoms with Gasteiger partial charge in [-0.25, -0.2) is 0 Å². The lowest BCUT2D eigenvalue weighted by Gasteiger charge is -2.21. The lowest BCUT2D eigenvalue weighted by atomic mass is 9.97. The van der Waals surface area contributed by atoms with Crippen molar-refractivity contribution in [2.75, 3.05) is 6.61 Å². The third-order valence-electron chi connectivity index (χ3n) is 2.53. The Bertz CT molecular complexity index is 227. The van der Waals surface area contributed by atoms with Crippen molar-refractivity contribution < 1.29 is 4.74 Å². The third kappa shape index (κ3) is 7.48. The summed E-state index contributed by atoms with van der Waals surface area (Å²) in [5, 5.41) is 8.49. The summed E-state index contributed by atoms with van der Waals surface area (Å²) in [4.78, 5) is 0. The maximum Gasteiger partial charge on any atom is 0.0785 e. The van der Waals surface area contributed by atoms with Gasteiger partial charge in [-0.1, -0.05) is 33.8 Å². The molecular formula is C14H25NO. The Morgan fingerprint density at radius 2 is 2.12 bits per heavy atom. The quantitative estimate of drug-likeness (QED) is 0.436. The van der Waals surface area contributed by atoms with Crippen molar-refractivity contribution in [3.8, 4) is 6.07 Å². The molecule has 0 rings (SSSR count). The molecule has 0 aromatic carbocycles. The number of nitriles is 1. The van der Waals surface area contributed by atoms with E-state index < -0.39 is 0 Å².